The van der Waals surface area contributed by atoms with Crippen LogP contribution in [-0.4, -0.2) is 19.9 Å². The average Bonchev–Trinajstić information content (AvgIpc) is 2.65. The van der Waals surface area contributed by atoms with Crippen molar-refractivity contribution >= 4 is 5.57 Å². The summed E-state index contributed by atoms with van der Waals surface area (Å²) in [5.41, 5.74) is 1.12. The highest BCUT2D eigenvalue weighted by atomic mass is 16.5. The van der Waals surface area contributed by atoms with Gasteiger partial charge in [0.25, 0.3) is 5.56 Å². The van der Waals surface area contributed by atoms with Gasteiger partial charge in [0, 0.05) is 5.56 Å². The number of H-pyrrole nitrogens is 1. The minimum Gasteiger partial charge on any atom is -0.507 e. The molecular weight excluding hydrogens is 372 g/mol. The van der Waals surface area contributed by atoms with Gasteiger partial charge >= 0.3 is 5.69 Å². The number of aromatic nitrogens is 3. The second-order valence-electron chi connectivity index (χ2n) is 6.60. The van der Waals surface area contributed by atoms with Crippen LogP contribution in [0.1, 0.15) is 29.3 Å². The van der Waals surface area contributed by atoms with Gasteiger partial charge in [-0.3, -0.25) is 9.78 Å². The second-order valence-corrected chi connectivity index (χ2v) is 6.60. The van der Waals surface area contributed by atoms with E-state index in [1.54, 1.807) is 51.1 Å². The molecule has 3 aromatic rings. The van der Waals surface area contributed by atoms with Gasteiger partial charge in [0.1, 0.15) is 23.3 Å². The van der Waals surface area contributed by atoms with Crippen LogP contribution in [0, 0.1) is 25.2 Å². The van der Waals surface area contributed by atoms with Crippen LogP contribution in [0.25, 0.3) is 11.3 Å². The van der Waals surface area contributed by atoms with E-state index in [-0.39, 0.29) is 5.75 Å². The molecule has 0 aliphatic carbocycles. The molecule has 0 bridgehead atoms. The van der Waals surface area contributed by atoms with Crippen LogP contribution in [0.2, 0.25) is 0 Å². The smallest absolute Gasteiger partial charge is 0.349 e. The standard InChI is InChI=1S/C21H18N4O4/c1-11(2)16-9-15(5-6-18(16)26)29-19-12(3)7-14(8-13(19)4)25-21(28)23-20(27)17(10-22)24-25/h5-9,26H,1H2,2-4H3,(H,23,27,28). The lowest BCUT2D eigenvalue weighted by Gasteiger charge is -2.15. The monoisotopic (exact) mass is 390 g/mol. The Labute approximate surface area is 166 Å². The van der Waals surface area contributed by atoms with Crippen LogP contribution in [0.5, 0.6) is 17.2 Å². The Hall–Kier alpha value is -4.12. The Balaban J connectivity index is 2.05. The molecule has 0 saturated heterocycles. The number of hydrogen-bond donors (Lipinski definition) is 2. The highest BCUT2D eigenvalue weighted by Crippen LogP contribution is 2.34. The minimum atomic E-state index is -0.831. The fraction of sp³-hybridized carbons (Fsp3) is 0.143. The third-order valence-corrected chi connectivity index (χ3v) is 4.27. The average molecular weight is 390 g/mol. The number of ether oxygens (including phenoxy) is 1. The van der Waals surface area contributed by atoms with Crippen LogP contribution >= 0.6 is 0 Å². The molecule has 0 radical (unpaired) electrons. The summed E-state index contributed by atoms with van der Waals surface area (Å²) in [5.74, 6) is 1.21. The van der Waals surface area contributed by atoms with Gasteiger partial charge in [-0.05, 0) is 67.8 Å². The fourth-order valence-corrected chi connectivity index (χ4v) is 2.90. The van der Waals surface area contributed by atoms with Gasteiger partial charge in [-0.15, -0.1) is 5.10 Å². The van der Waals surface area contributed by atoms with E-state index >= 15 is 0 Å². The molecule has 0 spiro atoms. The first-order chi connectivity index (χ1) is 13.7. The van der Waals surface area contributed by atoms with E-state index in [0.717, 1.165) is 4.68 Å². The molecule has 8 nitrogen and oxygen atoms in total. The van der Waals surface area contributed by atoms with Gasteiger partial charge in [0.2, 0.25) is 5.69 Å². The molecule has 2 aromatic carbocycles. The summed E-state index contributed by atoms with van der Waals surface area (Å²) in [5, 5.41) is 22.7. The zero-order chi connectivity index (χ0) is 21.3. The molecule has 146 valence electrons. The predicted octanol–water partition coefficient (Wildman–Crippen LogP) is 2.94. The molecule has 0 atom stereocenters. The number of nitrogens with zero attached hydrogens (tertiary/aromatic N) is 3. The van der Waals surface area contributed by atoms with Gasteiger partial charge in [-0.25, -0.2) is 4.79 Å². The van der Waals surface area contributed by atoms with Gasteiger partial charge < -0.3 is 9.84 Å². The van der Waals surface area contributed by atoms with Gasteiger partial charge in [0.15, 0.2) is 0 Å². The maximum absolute atomic E-state index is 12.1. The lowest BCUT2D eigenvalue weighted by Crippen LogP contribution is -2.33. The third kappa shape index (κ3) is 3.80. The number of nitrogens with one attached hydrogen (secondary N) is 1. The molecule has 0 unspecified atom stereocenters. The molecule has 0 aliphatic heterocycles. The number of aryl methyl sites for hydroxylation is 2. The number of benzene rings is 2. The summed E-state index contributed by atoms with van der Waals surface area (Å²) in [6, 6.07) is 9.85. The van der Waals surface area contributed by atoms with E-state index in [2.05, 4.69) is 16.7 Å². The number of rotatable bonds is 4. The van der Waals surface area contributed by atoms with Crippen molar-refractivity contribution in [2.24, 2.45) is 0 Å². The Morgan fingerprint density at radius 2 is 1.90 bits per heavy atom. The van der Waals surface area contributed by atoms with Crippen LogP contribution < -0.4 is 16.0 Å². The highest BCUT2D eigenvalue weighted by Gasteiger charge is 2.14. The van der Waals surface area contributed by atoms with E-state index in [1.165, 1.54) is 6.07 Å². The molecule has 3 rings (SSSR count). The topological polar surface area (TPSA) is 121 Å². The number of aromatic amines is 1. The molecule has 1 aromatic heterocycles. The number of phenols is 1. The SMILES string of the molecule is C=C(C)c1cc(Oc2c(C)cc(-n3nc(C#N)c(=O)[nH]c3=O)cc2C)ccc1O. The molecule has 2 N–H and O–H groups in total. The largest absolute Gasteiger partial charge is 0.507 e. The van der Waals surface area contributed by atoms with Crippen molar-refractivity contribution in [1.29, 1.82) is 5.26 Å². The maximum atomic E-state index is 12.1. The Morgan fingerprint density at radius 3 is 2.48 bits per heavy atom. The molecular formula is C21H18N4O4. The van der Waals surface area contributed by atoms with Crippen molar-refractivity contribution in [2.75, 3.05) is 0 Å². The summed E-state index contributed by atoms with van der Waals surface area (Å²) in [6.45, 7) is 9.23. The first kappa shape index (κ1) is 19.6. The maximum Gasteiger partial charge on any atom is 0.349 e. The van der Waals surface area contributed by atoms with Crippen molar-refractivity contribution in [1.82, 2.24) is 14.8 Å². The van der Waals surface area contributed by atoms with Gasteiger partial charge in [-0.1, -0.05) is 6.58 Å². The summed E-state index contributed by atoms with van der Waals surface area (Å²) in [7, 11) is 0. The Morgan fingerprint density at radius 1 is 1.24 bits per heavy atom. The molecule has 0 amide bonds. The normalized spacial score (nSPS) is 10.4. The zero-order valence-corrected chi connectivity index (χ0v) is 16.1. The lowest BCUT2D eigenvalue weighted by atomic mass is 10.1. The van der Waals surface area contributed by atoms with Crippen LogP contribution in [0.3, 0.4) is 0 Å². The second kappa shape index (κ2) is 7.48. The van der Waals surface area contributed by atoms with Crippen LogP contribution in [-0.2, 0) is 0 Å². The molecule has 8 heteroatoms. The third-order valence-electron chi connectivity index (χ3n) is 4.27. The first-order valence-electron chi connectivity index (χ1n) is 8.63. The van der Waals surface area contributed by atoms with Gasteiger partial charge in [-0.2, -0.15) is 9.94 Å². The summed E-state index contributed by atoms with van der Waals surface area (Å²) < 4.78 is 6.96. The molecule has 1 heterocycles. The van der Waals surface area contributed by atoms with E-state index in [9.17, 15) is 14.7 Å². The first-order valence-corrected chi connectivity index (χ1v) is 8.63. The quantitative estimate of drug-likeness (QED) is 0.706. The van der Waals surface area contributed by atoms with E-state index in [1.807, 2.05) is 0 Å². The van der Waals surface area contributed by atoms with E-state index in [0.29, 0.717) is 39.4 Å². The van der Waals surface area contributed by atoms with Crippen molar-refractivity contribution in [3.05, 3.63) is 80.1 Å². The molecule has 0 saturated carbocycles. The summed E-state index contributed by atoms with van der Waals surface area (Å²) in [4.78, 5) is 25.7. The minimum absolute atomic E-state index is 0.116. The molecule has 0 fully saturated rings. The highest BCUT2D eigenvalue weighted by molar-refractivity contribution is 5.68. The lowest BCUT2D eigenvalue weighted by molar-refractivity contribution is 0.460. The molecule has 0 aliphatic rings. The number of aromatic hydroxyl groups is 1. The van der Waals surface area contributed by atoms with Crippen molar-refractivity contribution in [3.8, 4) is 29.0 Å². The summed E-state index contributed by atoms with van der Waals surface area (Å²) >= 11 is 0. The summed E-state index contributed by atoms with van der Waals surface area (Å²) in [6.07, 6.45) is 0. The van der Waals surface area contributed by atoms with Crippen LogP contribution in [0.15, 0.2) is 46.5 Å². The Bertz CT molecular complexity index is 1270. The van der Waals surface area contributed by atoms with Crippen molar-refractivity contribution < 1.29 is 9.84 Å². The van der Waals surface area contributed by atoms with E-state index < -0.39 is 16.9 Å². The Kier molecular flexibility index (Phi) is 5.07. The number of nitriles is 1. The number of hydrogen-bond acceptors (Lipinski definition) is 6. The number of phenolic OH excluding ortho intramolecular Hbond substituents is 1. The zero-order valence-electron chi connectivity index (χ0n) is 16.1. The van der Waals surface area contributed by atoms with E-state index in [4.69, 9.17) is 10.00 Å². The number of allylic oxidation sites excluding steroid dienone is 1. The van der Waals surface area contributed by atoms with Gasteiger partial charge in [0.05, 0.1) is 5.69 Å². The molecule has 29 heavy (non-hydrogen) atoms. The predicted molar refractivity (Wildman–Crippen MR) is 108 cm³/mol. The van der Waals surface area contributed by atoms with Crippen LogP contribution in [0.4, 0.5) is 0 Å². The van der Waals surface area contributed by atoms with Crippen molar-refractivity contribution in [2.45, 2.75) is 20.8 Å². The fourth-order valence-electron chi connectivity index (χ4n) is 2.90. The van der Waals surface area contributed by atoms with Crippen molar-refractivity contribution in [3.63, 3.8) is 0 Å².